The van der Waals surface area contributed by atoms with Crippen LogP contribution in [0.1, 0.15) is 82.0 Å². The van der Waals surface area contributed by atoms with E-state index in [9.17, 15) is 23.2 Å². The molecule has 2 aromatic heterocycles. The lowest BCUT2D eigenvalue weighted by molar-refractivity contribution is -0.131. The van der Waals surface area contributed by atoms with Crippen LogP contribution in [0.25, 0.3) is 0 Å². The first-order valence-electron chi connectivity index (χ1n) is 16.8. The number of benzene rings is 2. The van der Waals surface area contributed by atoms with Crippen molar-refractivity contribution in [3.05, 3.63) is 107 Å². The van der Waals surface area contributed by atoms with Crippen molar-refractivity contribution in [1.82, 2.24) is 25.3 Å². The summed E-state index contributed by atoms with van der Waals surface area (Å²) in [6, 6.07) is 16.2. The van der Waals surface area contributed by atoms with Gasteiger partial charge in [0.25, 0.3) is 5.91 Å². The number of amides is 1. The fourth-order valence-corrected chi connectivity index (χ4v) is 6.50. The Morgan fingerprint density at radius 1 is 0.745 bits per heavy atom. The zero-order valence-corrected chi connectivity index (χ0v) is 28.7. The van der Waals surface area contributed by atoms with E-state index in [1.807, 2.05) is 35.6 Å². The minimum atomic E-state index is -3.15. The number of methoxy groups -OCH3 is 2. The molecule has 13 heteroatoms. The van der Waals surface area contributed by atoms with Crippen LogP contribution in [0.5, 0.6) is 11.5 Å². The van der Waals surface area contributed by atoms with Crippen molar-refractivity contribution in [1.29, 1.82) is 0 Å². The average Bonchev–Trinajstić information content (AvgIpc) is 3.13. The predicted octanol–water partition coefficient (Wildman–Crippen LogP) is 5.00. The van der Waals surface area contributed by atoms with Crippen LogP contribution < -0.4 is 20.5 Å². The Balaban J connectivity index is 0.000000201. The van der Waals surface area contributed by atoms with Crippen LogP contribution >= 0.6 is 0 Å². The van der Waals surface area contributed by atoms with Gasteiger partial charge in [-0.2, -0.15) is 8.78 Å². The molecule has 0 radical (unpaired) electrons. The number of halogens is 2. The zero-order valence-electron chi connectivity index (χ0n) is 28.7. The molecule has 1 amide bonds. The highest BCUT2D eigenvalue weighted by Gasteiger charge is 2.40. The average molecular weight is 701 g/mol. The summed E-state index contributed by atoms with van der Waals surface area (Å²) in [7, 11) is 3.32. The number of alkyl halides is 2. The predicted molar refractivity (Wildman–Crippen MR) is 185 cm³/mol. The van der Waals surface area contributed by atoms with Gasteiger partial charge in [0, 0.05) is 48.5 Å². The molecular formula is C38H42F2N6O5. The molecule has 2 fully saturated rings. The molecule has 6 rings (SSSR count). The van der Waals surface area contributed by atoms with Gasteiger partial charge in [0.05, 0.1) is 38.4 Å². The van der Waals surface area contributed by atoms with E-state index < -0.39 is 24.7 Å². The minimum absolute atomic E-state index is 0.0174. The van der Waals surface area contributed by atoms with Crippen molar-refractivity contribution < 1.29 is 32.6 Å². The zero-order chi connectivity index (χ0) is 36.4. The van der Waals surface area contributed by atoms with Crippen molar-refractivity contribution in [2.24, 2.45) is 5.73 Å². The number of hydrogen-bond acceptors (Lipinski definition) is 10. The highest BCUT2D eigenvalue weighted by molar-refractivity contribution is 5.99. The molecule has 0 unspecified atom stereocenters. The van der Waals surface area contributed by atoms with Gasteiger partial charge in [-0.1, -0.05) is 37.1 Å². The molecule has 0 aliphatic heterocycles. The smallest absolute Gasteiger partial charge is 0.315 e. The van der Waals surface area contributed by atoms with Gasteiger partial charge in [-0.15, -0.1) is 0 Å². The molecule has 0 atom stereocenters. The first-order chi connectivity index (χ1) is 24.6. The Labute approximate surface area is 295 Å². The van der Waals surface area contributed by atoms with Crippen LogP contribution in [0.2, 0.25) is 0 Å². The number of nitrogens with one attached hydrogen (secondary N) is 1. The summed E-state index contributed by atoms with van der Waals surface area (Å²) in [5.74, 6) is 0.914. The minimum Gasteiger partial charge on any atom is -0.497 e. The fraction of sp³-hybridized carbons (Fsp3) is 0.395. The lowest BCUT2D eigenvalue weighted by atomic mass is 9.62. The number of rotatable bonds is 14. The maximum Gasteiger partial charge on any atom is 0.315 e. The quantitative estimate of drug-likeness (QED) is 0.171. The van der Waals surface area contributed by atoms with E-state index in [0.29, 0.717) is 17.8 Å². The van der Waals surface area contributed by atoms with Crippen molar-refractivity contribution in [2.45, 2.75) is 68.6 Å². The highest BCUT2D eigenvalue weighted by Crippen LogP contribution is 2.47. The normalized spacial score (nSPS) is 15.3. The van der Waals surface area contributed by atoms with Crippen LogP contribution in [0.3, 0.4) is 0 Å². The number of hydrogen-bond donors (Lipinski definition) is 2. The summed E-state index contributed by atoms with van der Waals surface area (Å²) in [6.07, 6.45) is 10.8. The van der Waals surface area contributed by atoms with Crippen LogP contribution in [0, 0.1) is 0 Å². The molecule has 0 bridgehead atoms. The van der Waals surface area contributed by atoms with E-state index in [1.165, 1.54) is 29.9 Å². The third-order valence-corrected chi connectivity index (χ3v) is 9.84. The number of carbonyl (C=O) groups excluding carboxylic acids is 3. The first-order valence-corrected chi connectivity index (χ1v) is 16.8. The SMILES string of the molecule is COc1cccc(C2(Cc3ncc(C(=O)CN)cn3)CCC2)c1.COc1cccc(C2(Cc3ncc(C(=O)CNC(=O)C(F)F)cn3)CCC2)c1. The largest absolute Gasteiger partial charge is 0.497 e. The number of aromatic nitrogens is 4. The third kappa shape index (κ3) is 8.95. The van der Waals surface area contributed by atoms with Crippen molar-refractivity contribution in [2.75, 3.05) is 27.3 Å². The first kappa shape index (κ1) is 37.1. The molecule has 2 aromatic carbocycles. The summed E-state index contributed by atoms with van der Waals surface area (Å²) in [6.45, 7) is -0.532. The molecule has 11 nitrogen and oxygen atoms in total. The third-order valence-electron chi connectivity index (χ3n) is 9.84. The van der Waals surface area contributed by atoms with Gasteiger partial charge in [0.15, 0.2) is 11.6 Å². The monoisotopic (exact) mass is 700 g/mol. The molecule has 2 heterocycles. The van der Waals surface area contributed by atoms with E-state index in [-0.39, 0.29) is 28.7 Å². The number of ketones is 2. The number of nitrogens with zero attached hydrogens (tertiary/aromatic N) is 4. The molecule has 268 valence electrons. The summed E-state index contributed by atoms with van der Waals surface area (Å²) >= 11 is 0. The van der Waals surface area contributed by atoms with E-state index in [1.54, 1.807) is 26.6 Å². The summed E-state index contributed by atoms with van der Waals surface area (Å²) in [5, 5.41) is 1.88. The van der Waals surface area contributed by atoms with Crippen molar-refractivity contribution >= 4 is 17.5 Å². The fourth-order valence-electron chi connectivity index (χ4n) is 6.50. The summed E-state index contributed by atoms with van der Waals surface area (Å²) in [4.78, 5) is 51.7. The van der Waals surface area contributed by atoms with Crippen LogP contribution in [-0.2, 0) is 28.5 Å². The molecule has 2 saturated carbocycles. The van der Waals surface area contributed by atoms with Gasteiger partial charge in [0.1, 0.15) is 23.1 Å². The van der Waals surface area contributed by atoms with E-state index in [2.05, 4.69) is 38.1 Å². The topological polar surface area (TPSA) is 159 Å². The number of ether oxygens (including phenoxy) is 2. The lowest BCUT2D eigenvalue weighted by Gasteiger charge is -2.42. The second-order valence-electron chi connectivity index (χ2n) is 12.9. The van der Waals surface area contributed by atoms with Crippen LogP contribution in [0.4, 0.5) is 8.78 Å². The lowest BCUT2D eigenvalue weighted by Crippen LogP contribution is -2.37. The Bertz CT molecular complexity index is 1810. The van der Waals surface area contributed by atoms with Crippen molar-refractivity contribution in [3.8, 4) is 11.5 Å². The molecular weight excluding hydrogens is 658 g/mol. The van der Waals surface area contributed by atoms with E-state index in [4.69, 9.17) is 15.2 Å². The van der Waals surface area contributed by atoms with Gasteiger partial charge in [-0.05, 0) is 61.1 Å². The van der Waals surface area contributed by atoms with Crippen molar-refractivity contribution in [3.63, 3.8) is 0 Å². The van der Waals surface area contributed by atoms with E-state index >= 15 is 0 Å². The Morgan fingerprint density at radius 2 is 1.18 bits per heavy atom. The number of nitrogens with two attached hydrogens (primary N) is 1. The van der Waals surface area contributed by atoms with Gasteiger partial charge in [-0.25, -0.2) is 19.9 Å². The Hall–Kier alpha value is -5.17. The van der Waals surface area contributed by atoms with Crippen LogP contribution in [-0.4, -0.2) is 71.1 Å². The molecule has 4 aromatic rings. The summed E-state index contributed by atoms with van der Waals surface area (Å²) < 4.78 is 35.0. The Morgan fingerprint density at radius 3 is 1.53 bits per heavy atom. The molecule has 0 spiro atoms. The highest BCUT2D eigenvalue weighted by atomic mass is 19.3. The van der Waals surface area contributed by atoms with Gasteiger partial charge in [-0.3, -0.25) is 14.4 Å². The van der Waals surface area contributed by atoms with E-state index in [0.717, 1.165) is 55.8 Å². The van der Waals surface area contributed by atoms with Gasteiger partial charge < -0.3 is 20.5 Å². The number of carbonyl (C=O) groups is 3. The second-order valence-corrected chi connectivity index (χ2v) is 12.9. The Kier molecular flexibility index (Phi) is 12.1. The maximum absolute atomic E-state index is 12.2. The summed E-state index contributed by atoms with van der Waals surface area (Å²) in [5.41, 5.74) is 8.48. The molecule has 51 heavy (non-hydrogen) atoms. The molecule has 2 aliphatic rings. The molecule has 0 saturated heterocycles. The van der Waals surface area contributed by atoms with Crippen LogP contribution in [0.15, 0.2) is 73.3 Å². The second kappa shape index (κ2) is 16.7. The molecule has 3 N–H and O–H groups in total. The standard InChI is InChI=1S/C20H21F2N3O3.C18H21N3O2/c1-28-15-5-2-4-14(8-15)20(6-3-7-20)9-17-23-10-13(11-24-17)16(26)12-25-19(27)18(21)22;1-23-15-5-2-4-14(8-15)18(6-3-7-18)9-17-20-11-13(12-21-17)16(22)10-19/h2,4-5,8,10-11,18H,3,6-7,9,12H2,1H3,(H,25,27);2,4-5,8,11-12H,3,6-7,9-10,19H2,1H3. The maximum atomic E-state index is 12.2. The molecule has 2 aliphatic carbocycles. The van der Waals surface area contributed by atoms with Gasteiger partial charge in [0.2, 0.25) is 0 Å². The van der Waals surface area contributed by atoms with Gasteiger partial charge >= 0.3 is 6.43 Å². The number of Topliss-reactive ketones (excluding diaryl/α,β-unsaturated/α-hetero) is 2.